The molecule has 0 bridgehead atoms. The molecule has 4 nitrogen and oxygen atoms in total. The van der Waals surface area contributed by atoms with Crippen LogP contribution in [0.2, 0.25) is 0 Å². The second-order valence-electron chi connectivity index (χ2n) is 4.48. The van der Waals surface area contributed by atoms with Gasteiger partial charge in [0, 0.05) is 12.6 Å². The minimum Gasteiger partial charge on any atom is -0.496 e. The van der Waals surface area contributed by atoms with E-state index >= 15 is 0 Å². The van der Waals surface area contributed by atoms with Crippen LogP contribution in [-0.4, -0.2) is 25.6 Å². The number of aryl methyl sites for hydroxylation is 1. The first-order chi connectivity index (χ1) is 8.11. The number of carbonyl (C=O) groups is 1. The van der Waals surface area contributed by atoms with Gasteiger partial charge in [0.15, 0.2) is 0 Å². The number of carbonyl (C=O) groups excluding carboxylic acids is 1. The highest BCUT2D eigenvalue weighted by Crippen LogP contribution is 2.23. The lowest BCUT2D eigenvalue weighted by Crippen LogP contribution is -2.52. The summed E-state index contributed by atoms with van der Waals surface area (Å²) in [5.41, 5.74) is 2.02. The summed E-state index contributed by atoms with van der Waals surface area (Å²) in [6.45, 7) is 4.76. The lowest BCUT2D eigenvalue weighted by Gasteiger charge is -2.28. The molecule has 1 saturated heterocycles. The van der Waals surface area contributed by atoms with E-state index in [0.717, 1.165) is 23.4 Å². The van der Waals surface area contributed by atoms with Crippen LogP contribution in [0.25, 0.3) is 0 Å². The van der Waals surface area contributed by atoms with Crippen molar-refractivity contribution in [3.8, 4) is 5.75 Å². The molecular formula is C13H18N2O2. The summed E-state index contributed by atoms with van der Waals surface area (Å²) in [7, 11) is 1.65. The van der Waals surface area contributed by atoms with Crippen molar-refractivity contribution in [3.05, 3.63) is 29.3 Å². The number of methoxy groups -OCH3 is 1. The maximum Gasteiger partial charge on any atom is 0.241 e. The Bertz CT molecular complexity index is 431. The number of ether oxygens (including phenoxy) is 1. The summed E-state index contributed by atoms with van der Waals surface area (Å²) >= 11 is 0. The van der Waals surface area contributed by atoms with Crippen LogP contribution >= 0.6 is 0 Å². The molecule has 2 N–H and O–H groups in total. The molecule has 4 heteroatoms. The van der Waals surface area contributed by atoms with Crippen molar-refractivity contribution in [1.29, 1.82) is 0 Å². The summed E-state index contributed by atoms with van der Waals surface area (Å²) in [4.78, 5) is 11.9. The van der Waals surface area contributed by atoms with Crippen molar-refractivity contribution < 1.29 is 9.53 Å². The Kier molecular flexibility index (Phi) is 3.33. The van der Waals surface area contributed by atoms with Crippen LogP contribution in [-0.2, 0) is 4.79 Å². The Balaban J connectivity index is 2.22. The maximum atomic E-state index is 11.9. The monoisotopic (exact) mass is 234 g/mol. The smallest absolute Gasteiger partial charge is 0.241 e. The third kappa shape index (κ3) is 2.42. The zero-order valence-electron chi connectivity index (χ0n) is 10.4. The Morgan fingerprint density at radius 2 is 2.18 bits per heavy atom. The lowest BCUT2D eigenvalue weighted by molar-refractivity contribution is -0.125. The molecule has 0 aromatic heterocycles. The Morgan fingerprint density at radius 1 is 1.41 bits per heavy atom. The highest BCUT2D eigenvalue weighted by Gasteiger charge is 2.26. The average Bonchev–Trinajstić information content (AvgIpc) is 2.29. The predicted molar refractivity (Wildman–Crippen MR) is 66.1 cm³/mol. The molecule has 1 aliphatic rings. The van der Waals surface area contributed by atoms with Crippen molar-refractivity contribution in [2.24, 2.45) is 0 Å². The first-order valence-corrected chi connectivity index (χ1v) is 5.80. The van der Waals surface area contributed by atoms with Crippen molar-refractivity contribution in [3.63, 3.8) is 0 Å². The minimum atomic E-state index is -0.254. The van der Waals surface area contributed by atoms with Gasteiger partial charge in [0.2, 0.25) is 5.91 Å². The molecule has 0 radical (unpaired) electrons. The molecule has 2 rings (SSSR count). The van der Waals surface area contributed by atoms with Crippen LogP contribution in [0.4, 0.5) is 0 Å². The van der Waals surface area contributed by atoms with Gasteiger partial charge in [-0.15, -0.1) is 0 Å². The van der Waals surface area contributed by atoms with Gasteiger partial charge < -0.3 is 15.4 Å². The van der Waals surface area contributed by atoms with E-state index in [1.807, 2.05) is 32.0 Å². The molecule has 17 heavy (non-hydrogen) atoms. The van der Waals surface area contributed by atoms with E-state index < -0.39 is 0 Å². The first kappa shape index (κ1) is 11.9. The van der Waals surface area contributed by atoms with Crippen molar-refractivity contribution in [1.82, 2.24) is 10.6 Å². The molecule has 1 aromatic rings. The van der Waals surface area contributed by atoms with Gasteiger partial charge in [-0.25, -0.2) is 0 Å². The lowest BCUT2D eigenvalue weighted by atomic mass is 10.0. The van der Waals surface area contributed by atoms with E-state index in [-0.39, 0.29) is 18.0 Å². The van der Waals surface area contributed by atoms with E-state index in [9.17, 15) is 4.79 Å². The number of nitrogens with one attached hydrogen (secondary N) is 2. The molecule has 1 aromatic carbocycles. The average molecular weight is 234 g/mol. The number of amides is 1. The van der Waals surface area contributed by atoms with E-state index in [1.165, 1.54) is 0 Å². The van der Waals surface area contributed by atoms with Crippen molar-refractivity contribution in [2.75, 3.05) is 13.7 Å². The summed E-state index contributed by atoms with van der Waals surface area (Å²) < 4.78 is 5.21. The van der Waals surface area contributed by atoms with E-state index in [1.54, 1.807) is 7.11 Å². The molecule has 1 heterocycles. The van der Waals surface area contributed by atoms with Crippen LogP contribution < -0.4 is 15.4 Å². The van der Waals surface area contributed by atoms with E-state index in [4.69, 9.17) is 4.74 Å². The summed E-state index contributed by atoms with van der Waals surface area (Å²) in [5, 5.41) is 6.19. The Morgan fingerprint density at radius 3 is 2.76 bits per heavy atom. The summed E-state index contributed by atoms with van der Waals surface area (Å²) in [6.07, 6.45) is 0. The maximum absolute atomic E-state index is 11.9. The van der Waals surface area contributed by atoms with Gasteiger partial charge in [-0.2, -0.15) is 0 Å². The topological polar surface area (TPSA) is 50.4 Å². The van der Waals surface area contributed by atoms with Gasteiger partial charge in [0.05, 0.1) is 7.11 Å². The first-order valence-electron chi connectivity index (χ1n) is 5.80. The predicted octanol–water partition coefficient (Wildman–Crippen LogP) is 1.15. The normalized spacial score (nSPS) is 24.3. The highest BCUT2D eigenvalue weighted by atomic mass is 16.5. The summed E-state index contributed by atoms with van der Waals surface area (Å²) in [5.74, 6) is 0.881. The quantitative estimate of drug-likeness (QED) is 0.807. The zero-order valence-corrected chi connectivity index (χ0v) is 10.4. The van der Waals surface area contributed by atoms with Crippen molar-refractivity contribution in [2.45, 2.75) is 25.9 Å². The second-order valence-corrected chi connectivity index (χ2v) is 4.48. The van der Waals surface area contributed by atoms with E-state index in [2.05, 4.69) is 10.6 Å². The molecule has 0 saturated carbocycles. The summed E-state index contributed by atoms with van der Waals surface area (Å²) in [6, 6.07) is 5.76. The molecule has 1 aliphatic heterocycles. The van der Waals surface area contributed by atoms with E-state index in [0.29, 0.717) is 0 Å². The van der Waals surface area contributed by atoms with Gasteiger partial charge >= 0.3 is 0 Å². The number of hydrogen-bond acceptors (Lipinski definition) is 3. The van der Waals surface area contributed by atoms with Gasteiger partial charge in [0.25, 0.3) is 0 Å². The van der Waals surface area contributed by atoms with Gasteiger partial charge in [-0.3, -0.25) is 4.79 Å². The molecular weight excluding hydrogens is 216 g/mol. The van der Waals surface area contributed by atoms with Crippen LogP contribution in [0, 0.1) is 6.92 Å². The number of rotatable bonds is 2. The highest BCUT2D eigenvalue weighted by molar-refractivity contribution is 5.84. The minimum absolute atomic E-state index is 0.0355. The van der Waals surface area contributed by atoms with Crippen LogP contribution in [0.3, 0.4) is 0 Å². The molecule has 92 valence electrons. The zero-order chi connectivity index (χ0) is 12.4. The molecule has 2 atom stereocenters. The van der Waals surface area contributed by atoms with Gasteiger partial charge in [-0.05, 0) is 31.0 Å². The molecule has 1 fully saturated rings. The number of hydrogen-bond donors (Lipinski definition) is 2. The molecule has 2 unspecified atom stereocenters. The molecule has 0 aliphatic carbocycles. The Hall–Kier alpha value is -1.55. The van der Waals surface area contributed by atoms with Crippen LogP contribution in [0.1, 0.15) is 24.1 Å². The number of piperazine rings is 1. The van der Waals surface area contributed by atoms with Crippen LogP contribution in [0.15, 0.2) is 18.2 Å². The van der Waals surface area contributed by atoms with Gasteiger partial charge in [0.1, 0.15) is 11.8 Å². The largest absolute Gasteiger partial charge is 0.496 e. The fraction of sp³-hybridized carbons (Fsp3) is 0.462. The van der Waals surface area contributed by atoms with Gasteiger partial charge in [-0.1, -0.05) is 12.1 Å². The fourth-order valence-corrected chi connectivity index (χ4v) is 2.11. The fourth-order valence-electron chi connectivity index (χ4n) is 2.11. The SMILES string of the molecule is COc1ccc(C2NCC(C)NC2=O)cc1C. The third-order valence-electron chi connectivity index (χ3n) is 3.03. The van der Waals surface area contributed by atoms with Crippen molar-refractivity contribution >= 4 is 5.91 Å². The third-order valence-corrected chi connectivity index (χ3v) is 3.03. The standard InChI is InChI=1S/C13H18N2O2/c1-8-6-10(4-5-11(8)17-3)12-13(16)15-9(2)7-14-12/h4-6,9,12,14H,7H2,1-3H3,(H,15,16). The number of benzene rings is 1. The molecule has 0 spiro atoms. The molecule has 1 amide bonds. The van der Waals surface area contributed by atoms with Crippen LogP contribution in [0.5, 0.6) is 5.75 Å². The Labute approximate surface area is 101 Å². The second kappa shape index (κ2) is 4.75.